The van der Waals surface area contributed by atoms with Crippen LogP contribution in [0.15, 0.2) is 0 Å². The Hall–Kier alpha value is -0.0800. The molecular weight excluding hydrogens is 176 g/mol. The van der Waals surface area contributed by atoms with Crippen LogP contribution in [0.2, 0.25) is 0 Å². The zero-order valence-electron chi connectivity index (χ0n) is 8.95. The molecule has 0 bridgehead atoms. The van der Waals surface area contributed by atoms with Gasteiger partial charge in [0.05, 0.1) is 12.2 Å². The predicted octanol–water partition coefficient (Wildman–Crippen LogP) is 2.50. The lowest BCUT2D eigenvalue weighted by Crippen LogP contribution is -2.27. The summed E-state index contributed by atoms with van der Waals surface area (Å²) in [7, 11) is 0. The summed E-state index contributed by atoms with van der Waals surface area (Å²) in [4.78, 5) is 0. The molecule has 2 nitrogen and oxygen atoms in total. The highest BCUT2D eigenvalue weighted by molar-refractivity contribution is 4.76. The van der Waals surface area contributed by atoms with Crippen molar-refractivity contribution in [3.63, 3.8) is 0 Å². The van der Waals surface area contributed by atoms with Gasteiger partial charge >= 0.3 is 0 Å². The molecule has 1 saturated carbocycles. The van der Waals surface area contributed by atoms with Crippen LogP contribution < -0.4 is 0 Å². The Labute approximate surface area is 86.6 Å². The highest BCUT2D eigenvalue weighted by Crippen LogP contribution is 2.31. The molecule has 0 aromatic heterocycles. The van der Waals surface area contributed by atoms with Gasteiger partial charge < -0.3 is 9.84 Å². The molecule has 1 aliphatic heterocycles. The molecule has 2 heteroatoms. The van der Waals surface area contributed by atoms with Gasteiger partial charge in [-0.05, 0) is 38.0 Å². The third-order valence-corrected chi connectivity index (χ3v) is 3.64. The topological polar surface area (TPSA) is 29.5 Å². The molecule has 0 radical (unpaired) electrons. The summed E-state index contributed by atoms with van der Waals surface area (Å²) in [5.41, 5.74) is 0. The van der Waals surface area contributed by atoms with E-state index in [1.807, 2.05) is 0 Å². The van der Waals surface area contributed by atoms with Crippen LogP contribution in [0.1, 0.15) is 51.4 Å². The van der Waals surface area contributed by atoms with Crippen molar-refractivity contribution >= 4 is 0 Å². The van der Waals surface area contributed by atoms with Crippen molar-refractivity contribution < 1.29 is 9.84 Å². The highest BCUT2D eigenvalue weighted by Gasteiger charge is 2.24. The van der Waals surface area contributed by atoms with Crippen molar-refractivity contribution in [2.24, 2.45) is 5.92 Å². The molecule has 0 aromatic rings. The van der Waals surface area contributed by atoms with E-state index >= 15 is 0 Å². The van der Waals surface area contributed by atoms with Gasteiger partial charge in [-0.15, -0.1) is 0 Å². The molecule has 1 aliphatic carbocycles. The van der Waals surface area contributed by atoms with E-state index in [2.05, 4.69) is 0 Å². The molecular formula is C12H22O2. The molecule has 82 valence electrons. The SMILES string of the molecule is OC(CC1CCC1)CC1CCCCO1. The minimum atomic E-state index is -0.108. The predicted molar refractivity (Wildman–Crippen MR) is 56.2 cm³/mol. The zero-order chi connectivity index (χ0) is 9.80. The molecule has 2 aliphatic rings. The van der Waals surface area contributed by atoms with E-state index in [1.165, 1.54) is 32.1 Å². The maximum Gasteiger partial charge on any atom is 0.0599 e. The maximum absolute atomic E-state index is 9.86. The monoisotopic (exact) mass is 198 g/mol. The van der Waals surface area contributed by atoms with E-state index in [-0.39, 0.29) is 6.10 Å². The standard InChI is InChI=1S/C12H22O2/c13-11(8-10-4-3-5-10)9-12-6-1-2-7-14-12/h10-13H,1-9H2. The molecule has 1 saturated heterocycles. The Morgan fingerprint density at radius 3 is 2.50 bits per heavy atom. The van der Waals surface area contributed by atoms with Gasteiger partial charge in [-0.1, -0.05) is 19.3 Å². The van der Waals surface area contributed by atoms with Crippen molar-refractivity contribution in [3.05, 3.63) is 0 Å². The number of rotatable bonds is 4. The lowest BCUT2D eigenvalue weighted by molar-refractivity contribution is -0.0216. The number of hydrogen-bond acceptors (Lipinski definition) is 2. The number of aliphatic hydroxyl groups excluding tert-OH is 1. The molecule has 1 N–H and O–H groups in total. The molecule has 2 atom stereocenters. The van der Waals surface area contributed by atoms with Crippen LogP contribution in [0.3, 0.4) is 0 Å². The van der Waals surface area contributed by atoms with Crippen molar-refractivity contribution in [2.75, 3.05) is 6.61 Å². The summed E-state index contributed by atoms with van der Waals surface area (Å²) in [5.74, 6) is 0.814. The zero-order valence-corrected chi connectivity index (χ0v) is 8.95. The minimum absolute atomic E-state index is 0.108. The average molecular weight is 198 g/mol. The lowest BCUT2D eigenvalue weighted by Gasteiger charge is -2.30. The van der Waals surface area contributed by atoms with E-state index < -0.39 is 0 Å². The molecule has 0 aromatic carbocycles. The Kier molecular flexibility index (Phi) is 3.82. The van der Waals surface area contributed by atoms with E-state index in [4.69, 9.17) is 4.74 Å². The molecule has 2 unspecified atom stereocenters. The Morgan fingerprint density at radius 1 is 1.07 bits per heavy atom. The number of aliphatic hydroxyl groups is 1. The van der Waals surface area contributed by atoms with Gasteiger partial charge in [0.1, 0.15) is 0 Å². The first-order chi connectivity index (χ1) is 6.84. The van der Waals surface area contributed by atoms with Crippen LogP contribution in [0, 0.1) is 5.92 Å². The normalized spacial score (nSPS) is 31.1. The van der Waals surface area contributed by atoms with Crippen LogP contribution in [0.4, 0.5) is 0 Å². The van der Waals surface area contributed by atoms with Crippen molar-refractivity contribution in [3.8, 4) is 0 Å². The molecule has 2 rings (SSSR count). The second-order valence-electron chi connectivity index (χ2n) is 4.91. The van der Waals surface area contributed by atoms with E-state index in [9.17, 15) is 5.11 Å². The average Bonchev–Trinajstić information content (AvgIpc) is 2.13. The molecule has 0 amide bonds. The van der Waals surface area contributed by atoms with Gasteiger partial charge in [-0.3, -0.25) is 0 Å². The van der Waals surface area contributed by atoms with E-state index in [1.54, 1.807) is 0 Å². The van der Waals surface area contributed by atoms with Crippen molar-refractivity contribution in [1.29, 1.82) is 0 Å². The van der Waals surface area contributed by atoms with Crippen LogP contribution in [-0.4, -0.2) is 23.9 Å². The third kappa shape index (κ3) is 2.96. The van der Waals surface area contributed by atoms with Crippen LogP contribution in [0.25, 0.3) is 0 Å². The lowest BCUT2D eigenvalue weighted by atomic mass is 9.80. The first-order valence-corrected chi connectivity index (χ1v) is 6.14. The van der Waals surface area contributed by atoms with Crippen LogP contribution in [-0.2, 0) is 4.74 Å². The van der Waals surface area contributed by atoms with Gasteiger partial charge in [0.2, 0.25) is 0 Å². The Balaban J connectivity index is 1.62. The quantitative estimate of drug-likeness (QED) is 0.752. The van der Waals surface area contributed by atoms with E-state index in [0.717, 1.165) is 31.8 Å². The van der Waals surface area contributed by atoms with E-state index in [0.29, 0.717) is 6.10 Å². The summed E-state index contributed by atoms with van der Waals surface area (Å²) in [6, 6.07) is 0. The number of ether oxygens (including phenoxy) is 1. The molecule has 1 heterocycles. The Morgan fingerprint density at radius 2 is 1.93 bits per heavy atom. The van der Waals surface area contributed by atoms with Gasteiger partial charge in [0.15, 0.2) is 0 Å². The first kappa shape index (κ1) is 10.4. The van der Waals surface area contributed by atoms with Gasteiger partial charge in [-0.25, -0.2) is 0 Å². The highest BCUT2D eigenvalue weighted by atomic mass is 16.5. The maximum atomic E-state index is 9.86. The Bertz CT molecular complexity index is 160. The fraction of sp³-hybridized carbons (Fsp3) is 1.00. The fourth-order valence-electron chi connectivity index (χ4n) is 2.51. The summed E-state index contributed by atoms with van der Waals surface area (Å²) in [6.45, 7) is 0.904. The first-order valence-electron chi connectivity index (χ1n) is 6.14. The molecule has 2 fully saturated rings. The second-order valence-corrected chi connectivity index (χ2v) is 4.91. The van der Waals surface area contributed by atoms with Crippen LogP contribution in [0.5, 0.6) is 0 Å². The summed E-state index contributed by atoms with van der Waals surface area (Å²) < 4.78 is 5.62. The van der Waals surface area contributed by atoms with Crippen molar-refractivity contribution in [1.82, 2.24) is 0 Å². The second kappa shape index (κ2) is 5.13. The summed E-state index contributed by atoms with van der Waals surface area (Å²) >= 11 is 0. The molecule has 0 spiro atoms. The molecule has 14 heavy (non-hydrogen) atoms. The smallest absolute Gasteiger partial charge is 0.0599 e. The van der Waals surface area contributed by atoms with Gasteiger partial charge in [0.25, 0.3) is 0 Å². The fourth-order valence-corrected chi connectivity index (χ4v) is 2.51. The minimum Gasteiger partial charge on any atom is -0.393 e. The van der Waals surface area contributed by atoms with Crippen molar-refractivity contribution in [2.45, 2.75) is 63.6 Å². The van der Waals surface area contributed by atoms with Gasteiger partial charge in [0, 0.05) is 6.61 Å². The van der Waals surface area contributed by atoms with Gasteiger partial charge in [-0.2, -0.15) is 0 Å². The summed E-state index contributed by atoms with van der Waals surface area (Å²) in [5, 5.41) is 9.86. The summed E-state index contributed by atoms with van der Waals surface area (Å²) in [6.07, 6.45) is 9.80. The number of hydrogen-bond donors (Lipinski definition) is 1. The van der Waals surface area contributed by atoms with Crippen LogP contribution >= 0.6 is 0 Å². The third-order valence-electron chi connectivity index (χ3n) is 3.64. The largest absolute Gasteiger partial charge is 0.393 e.